The normalized spacial score (nSPS) is 18.1. The lowest BCUT2D eigenvalue weighted by atomic mass is 10.1. The zero-order chi connectivity index (χ0) is 18.8. The minimum Gasteiger partial charge on any atom is -0.381 e. The van der Waals surface area contributed by atoms with Crippen LogP contribution in [0.5, 0.6) is 0 Å². The van der Waals surface area contributed by atoms with Crippen LogP contribution in [0.1, 0.15) is 38.3 Å². The van der Waals surface area contributed by atoms with Crippen LogP contribution in [0.2, 0.25) is 10.0 Å². The number of hydrogen-bond donors (Lipinski definition) is 2. The average molecular weight is 530 g/mol. The Kier molecular flexibility index (Phi) is 12.7. The maximum absolute atomic E-state index is 6.29. The van der Waals surface area contributed by atoms with Gasteiger partial charge < -0.3 is 20.1 Å². The summed E-state index contributed by atoms with van der Waals surface area (Å²) in [4.78, 5) is 4.62. The second kappa shape index (κ2) is 13.8. The average Bonchev–Trinajstić information content (AvgIpc) is 3.11. The number of ether oxygens (including phenoxy) is 2. The molecule has 1 saturated heterocycles. The molecule has 154 valence electrons. The predicted octanol–water partition coefficient (Wildman–Crippen LogP) is 4.67. The Labute approximate surface area is 189 Å². The molecule has 2 N–H and O–H groups in total. The van der Waals surface area contributed by atoms with Gasteiger partial charge in [-0.3, -0.25) is 4.99 Å². The first-order valence-corrected chi connectivity index (χ1v) is 10.0. The van der Waals surface area contributed by atoms with Crippen LogP contribution in [0.3, 0.4) is 0 Å². The Hall–Kier alpha value is -0.280. The molecular formula is C19H30Cl2IN3O2. The summed E-state index contributed by atoms with van der Waals surface area (Å²) in [5.74, 6) is 1.33. The fourth-order valence-electron chi connectivity index (χ4n) is 2.78. The Balaban J connectivity index is 0.00000364. The predicted molar refractivity (Wildman–Crippen MR) is 124 cm³/mol. The summed E-state index contributed by atoms with van der Waals surface area (Å²) < 4.78 is 11.1. The summed E-state index contributed by atoms with van der Waals surface area (Å²) in [7, 11) is 0. The van der Waals surface area contributed by atoms with Crippen LogP contribution in [0.15, 0.2) is 23.2 Å². The van der Waals surface area contributed by atoms with Gasteiger partial charge in [0.05, 0.1) is 19.3 Å². The standard InChI is InChI=1S/C19H29Cl2N3O2.HI/c1-3-22-19(23-8-4-9-25-12-15-7-10-26-13-15)24-14(2)17-6-5-16(20)11-18(17)21;/h5-6,11,14-15H,3-4,7-10,12-13H2,1-2H3,(H2,22,23,24);1H. The zero-order valence-corrected chi connectivity index (χ0v) is 19.8. The molecule has 0 saturated carbocycles. The Morgan fingerprint density at radius 1 is 1.41 bits per heavy atom. The first-order valence-electron chi connectivity index (χ1n) is 9.25. The van der Waals surface area contributed by atoms with Crippen LogP contribution < -0.4 is 10.6 Å². The van der Waals surface area contributed by atoms with Gasteiger partial charge in [-0.2, -0.15) is 0 Å². The van der Waals surface area contributed by atoms with Crippen LogP contribution in [0.25, 0.3) is 0 Å². The van der Waals surface area contributed by atoms with Crippen LogP contribution in [0.4, 0.5) is 0 Å². The third kappa shape index (κ3) is 9.17. The van der Waals surface area contributed by atoms with E-state index in [9.17, 15) is 0 Å². The summed E-state index contributed by atoms with van der Waals surface area (Å²) in [6, 6.07) is 5.56. The van der Waals surface area contributed by atoms with Gasteiger partial charge in [-0.15, -0.1) is 24.0 Å². The van der Waals surface area contributed by atoms with Crippen molar-refractivity contribution in [1.82, 2.24) is 10.6 Å². The number of aliphatic imine (C=N–C) groups is 1. The molecule has 1 aromatic rings. The molecule has 0 spiro atoms. The van der Waals surface area contributed by atoms with Gasteiger partial charge in [0.2, 0.25) is 0 Å². The van der Waals surface area contributed by atoms with E-state index in [1.54, 1.807) is 6.07 Å². The van der Waals surface area contributed by atoms with Crippen LogP contribution >= 0.6 is 47.2 Å². The van der Waals surface area contributed by atoms with Gasteiger partial charge in [0.25, 0.3) is 0 Å². The van der Waals surface area contributed by atoms with Gasteiger partial charge in [0.1, 0.15) is 0 Å². The second-order valence-corrected chi connectivity index (χ2v) is 7.29. The molecule has 0 amide bonds. The molecule has 1 aliphatic heterocycles. The van der Waals surface area contributed by atoms with Gasteiger partial charge in [-0.1, -0.05) is 29.3 Å². The zero-order valence-electron chi connectivity index (χ0n) is 16.0. The van der Waals surface area contributed by atoms with Crippen molar-refractivity contribution in [3.05, 3.63) is 33.8 Å². The van der Waals surface area contributed by atoms with E-state index in [-0.39, 0.29) is 30.0 Å². The number of benzene rings is 1. The fourth-order valence-corrected chi connectivity index (χ4v) is 3.35. The van der Waals surface area contributed by atoms with E-state index < -0.39 is 0 Å². The third-order valence-electron chi connectivity index (χ3n) is 4.22. The Bertz CT molecular complexity index is 584. The molecule has 1 fully saturated rings. The molecule has 1 heterocycles. The molecule has 27 heavy (non-hydrogen) atoms. The molecule has 1 aromatic carbocycles. The fraction of sp³-hybridized carbons (Fsp3) is 0.632. The third-order valence-corrected chi connectivity index (χ3v) is 4.78. The monoisotopic (exact) mass is 529 g/mol. The van der Waals surface area contributed by atoms with Crippen molar-refractivity contribution in [2.45, 2.75) is 32.7 Å². The number of halogens is 3. The Morgan fingerprint density at radius 2 is 2.22 bits per heavy atom. The van der Waals surface area contributed by atoms with E-state index >= 15 is 0 Å². The molecule has 0 aromatic heterocycles. The van der Waals surface area contributed by atoms with Crippen molar-refractivity contribution in [1.29, 1.82) is 0 Å². The maximum Gasteiger partial charge on any atom is 0.191 e. The SMILES string of the molecule is CCNC(=NCCCOCC1CCOC1)NC(C)c1ccc(Cl)cc1Cl.I. The molecule has 2 atom stereocenters. The van der Waals surface area contributed by atoms with E-state index in [2.05, 4.69) is 22.5 Å². The van der Waals surface area contributed by atoms with Gasteiger partial charge in [0, 0.05) is 42.3 Å². The van der Waals surface area contributed by atoms with Crippen molar-refractivity contribution in [3.8, 4) is 0 Å². The summed E-state index contributed by atoms with van der Waals surface area (Å²) in [6.45, 7) is 8.80. The molecule has 8 heteroatoms. The molecule has 1 aliphatic rings. The first kappa shape index (κ1) is 24.8. The number of hydrogen-bond acceptors (Lipinski definition) is 3. The highest BCUT2D eigenvalue weighted by Crippen LogP contribution is 2.25. The van der Waals surface area contributed by atoms with Gasteiger partial charge in [-0.05, 0) is 44.4 Å². The lowest BCUT2D eigenvalue weighted by Gasteiger charge is -2.19. The minimum absolute atomic E-state index is 0. The van der Waals surface area contributed by atoms with E-state index in [0.29, 0.717) is 22.5 Å². The summed E-state index contributed by atoms with van der Waals surface area (Å²) in [6.07, 6.45) is 2.00. The van der Waals surface area contributed by atoms with Crippen molar-refractivity contribution in [3.63, 3.8) is 0 Å². The first-order chi connectivity index (χ1) is 12.6. The van der Waals surface area contributed by atoms with Crippen molar-refractivity contribution >= 4 is 53.1 Å². The molecule has 2 unspecified atom stereocenters. The smallest absolute Gasteiger partial charge is 0.191 e. The van der Waals surface area contributed by atoms with Crippen molar-refractivity contribution in [2.24, 2.45) is 10.9 Å². The van der Waals surface area contributed by atoms with E-state index in [4.69, 9.17) is 32.7 Å². The number of rotatable bonds is 9. The minimum atomic E-state index is 0. The molecule has 2 rings (SSSR count). The lowest BCUT2D eigenvalue weighted by molar-refractivity contribution is 0.0893. The molecule has 5 nitrogen and oxygen atoms in total. The van der Waals surface area contributed by atoms with Crippen LogP contribution in [-0.2, 0) is 9.47 Å². The van der Waals surface area contributed by atoms with E-state index in [0.717, 1.165) is 57.3 Å². The number of nitrogens with one attached hydrogen (secondary N) is 2. The highest BCUT2D eigenvalue weighted by Gasteiger charge is 2.15. The molecule has 0 radical (unpaired) electrons. The Morgan fingerprint density at radius 3 is 2.89 bits per heavy atom. The largest absolute Gasteiger partial charge is 0.381 e. The lowest BCUT2D eigenvalue weighted by Crippen LogP contribution is -2.39. The quantitative estimate of drug-likeness (QED) is 0.211. The van der Waals surface area contributed by atoms with Gasteiger partial charge in [0.15, 0.2) is 5.96 Å². The second-order valence-electron chi connectivity index (χ2n) is 6.45. The molecule has 0 aliphatic carbocycles. The van der Waals surface area contributed by atoms with Crippen molar-refractivity contribution in [2.75, 3.05) is 39.5 Å². The topological polar surface area (TPSA) is 54.9 Å². The molecular weight excluding hydrogens is 500 g/mol. The van der Waals surface area contributed by atoms with Crippen LogP contribution in [-0.4, -0.2) is 45.5 Å². The van der Waals surface area contributed by atoms with Crippen LogP contribution in [0, 0.1) is 5.92 Å². The van der Waals surface area contributed by atoms with Crippen molar-refractivity contribution < 1.29 is 9.47 Å². The maximum atomic E-state index is 6.29. The highest BCUT2D eigenvalue weighted by atomic mass is 127. The van der Waals surface area contributed by atoms with E-state index in [1.807, 2.05) is 19.1 Å². The number of guanidine groups is 1. The molecule has 0 bridgehead atoms. The van der Waals surface area contributed by atoms with Gasteiger partial charge in [-0.25, -0.2) is 0 Å². The summed E-state index contributed by atoms with van der Waals surface area (Å²) in [5.41, 5.74) is 0.990. The highest BCUT2D eigenvalue weighted by molar-refractivity contribution is 14.0. The van der Waals surface area contributed by atoms with E-state index in [1.165, 1.54) is 0 Å². The summed E-state index contributed by atoms with van der Waals surface area (Å²) >= 11 is 12.3. The van der Waals surface area contributed by atoms with Gasteiger partial charge >= 0.3 is 0 Å². The summed E-state index contributed by atoms with van der Waals surface area (Å²) in [5, 5.41) is 7.93. The number of nitrogens with zero attached hydrogens (tertiary/aromatic N) is 1.